The van der Waals surface area contributed by atoms with Crippen molar-refractivity contribution in [1.82, 2.24) is 15.3 Å². The van der Waals surface area contributed by atoms with Gasteiger partial charge < -0.3 is 10.3 Å². The Bertz CT molecular complexity index is 505. The van der Waals surface area contributed by atoms with Crippen molar-refractivity contribution in [2.45, 2.75) is 19.4 Å². The molecule has 0 unspecified atom stereocenters. The fourth-order valence-electron chi connectivity index (χ4n) is 1.90. The van der Waals surface area contributed by atoms with Gasteiger partial charge in [-0.05, 0) is 30.6 Å². The van der Waals surface area contributed by atoms with Crippen LogP contribution in [-0.2, 0) is 4.79 Å². The van der Waals surface area contributed by atoms with Crippen LogP contribution in [0.5, 0.6) is 0 Å². The summed E-state index contributed by atoms with van der Waals surface area (Å²) in [7, 11) is 0. The van der Waals surface area contributed by atoms with Crippen molar-refractivity contribution in [1.29, 1.82) is 0 Å². The number of H-pyrrole nitrogens is 1. The van der Waals surface area contributed by atoms with E-state index < -0.39 is 0 Å². The Morgan fingerprint density at radius 3 is 2.94 bits per heavy atom. The lowest BCUT2D eigenvalue weighted by Gasteiger charge is -2.14. The maximum absolute atomic E-state index is 11.2. The number of nitrogens with one attached hydrogen (secondary N) is 2. The van der Waals surface area contributed by atoms with Gasteiger partial charge in [-0.2, -0.15) is 11.8 Å². The van der Waals surface area contributed by atoms with Gasteiger partial charge in [0.25, 0.3) is 0 Å². The third-order valence-corrected chi connectivity index (χ3v) is 3.37. The molecule has 18 heavy (non-hydrogen) atoms. The van der Waals surface area contributed by atoms with E-state index in [-0.39, 0.29) is 11.9 Å². The molecule has 0 radical (unpaired) electrons. The zero-order valence-electron chi connectivity index (χ0n) is 10.6. The van der Waals surface area contributed by atoms with Crippen LogP contribution in [0.15, 0.2) is 24.3 Å². The predicted molar refractivity (Wildman–Crippen MR) is 75.7 cm³/mol. The smallest absolute Gasteiger partial charge is 0.217 e. The van der Waals surface area contributed by atoms with E-state index in [1.165, 1.54) is 6.92 Å². The second-order valence-electron chi connectivity index (χ2n) is 4.17. The highest BCUT2D eigenvalue weighted by molar-refractivity contribution is 7.98. The van der Waals surface area contributed by atoms with Gasteiger partial charge in [0.1, 0.15) is 5.82 Å². The van der Waals surface area contributed by atoms with Crippen LogP contribution in [0.4, 0.5) is 0 Å². The van der Waals surface area contributed by atoms with Gasteiger partial charge >= 0.3 is 0 Å². The average Bonchev–Trinajstić information content (AvgIpc) is 2.77. The SMILES string of the molecule is CSCC[C@@H](NC(C)=O)c1nc2ccccc2[nH]1. The number of rotatable bonds is 5. The molecule has 2 N–H and O–H groups in total. The lowest BCUT2D eigenvalue weighted by atomic mass is 10.2. The molecule has 0 aliphatic carbocycles. The minimum absolute atomic E-state index is 0.0263. The number of aromatic amines is 1. The number of fused-ring (bicyclic) bond motifs is 1. The van der Waals surface area contributed by atoms with Crippen molar-refractivity contribution in [3.63, 3.8) is 0 Å². The summed E-state index contributed by atoms with van der Waals surface area (Å²) in [6.07, 6.45) is 2.93. The zero-order valence-corrected chi connectivity index (χ0v) is 11.4. The second-order valence-corrected chi connectivity index (χ2v) is 5.16. The molecule has 1 aromatic heterocycles. The minimum Gasteiger partial charge on any atom is -0.346 e. The Labute approximate surface area is 111 Å². The lowest BCUT2D eigenvalue weighted by Crippen LogP contribution is -2.27. The van der Waals surface area contributed by atoms with E-state index in [9.17, 15) is 4.79 Å². The second kappa shape index (κ2) is 5.91. The van der Waals surface area contributed by atoms with Crippen molar-refractivity contribution in [2.24, 2.45) is 0 Å². The van der Waals surface area contributed by atoms with Crippen LogP contribution in [0.1, 0.15) is 25.2 Å². The summed E-state index contributed by atoms with van der Waals surface area (Å²) in [5, 5.41) is 2.95. The van der Waals surface area contributed by atoms with E-state index in [0.717, 1.165) is 29.0 Å². The summed E-state index contributed by atoms with van der Waals surface area (Å²) in [4.78, 5) is 19.1. The summed E-state index contributed by atoms with van der Waals surface area (Å²) in [6, 6.07) is 7.85. The Hall–Kier alpha value is -1.49. The number of carbonyl (C=O) groups is 1. The quantitative estimate of drug-likeness (QED) is 0.871. The van der Waals surface area contributed by atoms with E-state index in [0.29, 0.717) is 0 Å². The van der Waals surface area contributed by atoms with Gasteiger partial charge in [0.2, 0.25) is 5.91 Å². The highest BCUT2D eigenvalue weighted by Gasteiger charge is 2.16. The van der Waals surface area contributed by atoms with Crippen molar-refractivity contribution in [3.8, 4) is 0 Å². The largest absolute Gasteiger partial charge is 0.346 e. The van der Waals surface area contributed by atoms with Crippen LogP contribution >= 0.6 is 11.8 Å². The molecule has 0 fully saturated rings. The maximum Gasteiger partial charge on any atom is 0.217 e. The molecule has 0 aliphatic heterocycles. The molecule has 1 aromatic carbocycles. The van der Waals surface area contributed by atoms with Crippen LogP contribution in [-0.4, -0.2) is 27.9 Å². The average molecular weight is 263 g/mol. The van der Waals surface area contributed by atoms with Crippen LogP contribution in [0, 0.1) is 0 Å². The summed E-state index contributed by atoms with van der Waals surface area (Å²) >= 11 is 1.77. The van der Waals surface area contributed by atoms with Crippen LogP contribution in [0.25, 0.3) is 11.0 Å². The molecular formula is C13H17N3OS. The molecule has 0 saturated carbocycles. The fraction of sp³-hybridized carbons (Fsp3) is 0.385. The van der Waals surface area contributed by atoms with E-state index in [2.05, 4.69) is 21.5 Å². The van der Waals surface area contributed by atoms with Gasteiger partial charge in [-0.25, -0.2) is 4.98 Å². The van der Waals surface area contributed by atoms with E-state index >= 15 is 0 Å². The summed E-state index contributed by atoms with van der Waals surface area (Å²) < 4.78 is 0. The monoisotopic (exact) mass is 263 g/mol. The van der Waals surface area contributed by atoms with Gasteiger partial charge in [0.15, 0.2) is 0 Å². The number of hydrogen-bond donors (Lipinski definition) is 2. The van der Waals surface area contributed by atoms with Gasteiger partial charge in [-0.3, -0.25) is 4.79 Å². The summed E-state index contributed by atoms with van der Waals surface area (Å²) in [5.41, 5.74) is 1.94. The topological polar surface area (TPSA) is 57.8 Å². The molecule has 2 aromatic rings. The number of aromatic nitrogens is 2. The Morgan fingerprint density at radius 1 is 1.50 bits per heavy atom. The molecular weight excluding hydrogens is 246 g/mol. The zero-order chi connectivity index (χ0) is 13.0. The number of carbonyl (C=O) groups excluding carboxylic acids is 1. The van der Waals surface area contributed by atoms with Gasteiger partial charge in [0.05, 0.1) is 17.1 Å². The van der Waals surface area contributed by atoms with E-state index in [1.807, 2.05) is 24.3 Å². The first-order chi connectivity index (χ1) is 8.70. The summed E-state index contributed by atoms with van der Waals surface area (Å²) in [6.45, 7) is 1.54. The van der Waals surface area contributed by atoms with Crippen LogP contribution < -0.4 is 5.32 Å². The Morgan fingerprint density at radius 2 is 2.28 bits per heavy atom. The maximum atomic E-state index is 11.2. The molecule has 1 atom stereocenters. The Kier molecular flexibility index (Phi) is 4.25. The molecule has 0 spiro atoms. The van der Waals surface area contributed by atoms with Gasteiger partial charge in [-0.15, -0.1) is 0 Å². The molecule has 96 valence electrons. The lowest BCUT2D eigenvalue weighted by molar-refractivity contribution is -0.119. The number of para-hydroxylation sites is 2. The van der Waals surface area contributed by atoms with Crippen molar-refractivity contribution >= 4 is 28.7 Å². The van der Waals surface area contributed by atoms with Gasteiger partial charge in [-0.1, -0.05) is 12.1 Å². The predicted octanol–water partition coefficient (Wildman–Crippen LogP) is 2.49. The standard InChI is InChI=1S/C13H17N3OS/c1-9(17)14-12(7-8-18-2)13-15-10-5-3-4-6-11(10)16-13/h3-6,12H,7-8H2,1-2H3,(H,14,17)(H,15,16)/t12-/m1/s1. The number of nitrogens with zero attached hydrogens (tertiary/aromatic N) is 1. The molecule has 0 saturated heterocycles. The highest BCUT2D eigenvalue weighted by atomic mass is 32.2. The third-order valence-electron chi connectivity index (χ3n) is 2.73. The number of amides is 1. The number of thioether (sulfide) groups is 1. The minimum atomic E-state index is -0.0395. The molecule has 0 bridgehead atoms. The number of imidazole rings is 1. The van der Waals surface area contributed by atoms with Crippen molar-refractivity contribution < 1.29 is 4.79 Å². The van der Waals surface area contributed by atoms with E-state index in [1.54, 1.807) is 11.8 Å². The highest BCUT2D eigenvalue weighted by Crippen LogP contribution is 2.19. The number of hydrogen-bond acceptors (Lipinski definition) is 3. The van der Waals surface area contributed by atoms with Crippen LogP contribution in [0.2, 0.25) is 0 Å². The first-order valence-electron chi connectivity index (χ1n) is 5.91. The molecule has 1 amide bonds. The molecule has 0 aliphatic rings. The molecule has 4 nitrogen and oxygen atoms in total. The molecule has 2 rings (SSSR count). The molecule has 1 heterocycles. The first-order valence-corrected chi connectivity index (χ1v) is 7.31. The fourth-order valence-corrected chi connectivity index (χ4v) is 2.37. The van der Waals surface area contributed by atoms with Crippen molar-refractivity contribution in [3.05, 3.63) is 30.1 Å². The first kappa shape index (κ1) is 13.0. The summed E-state index contributed by atoms with van der Waals surface area (Å²) in [5.74, 6) is 1.80. The number of benzene rings is 1. The third kappa shape index (κ3) is 3.04. The van der Waals surface area contributed by atoms with Crippen molar-refractivity contribution in [2.75, 3.05) is 12.0 Å². The van der Waals surface area contributed by atoms with Crippen LogP contribution in [0.3, 0.4) is 0 Å². The van der Waals surface area contributed by atoms with Gasteiger partial charge in [0, 0.05) is 6.92 Å². The van der Waals surface area contributed by atoms with E-state index in [4.69, 9.17) is 0 Å². The Balaban J connectivity index is 2.25. The normalized spacial score (nSPS) is 12.6. The molecule has 5 heteroatoms.